The second-order valence-electron chi connectivity index (χ2n) is 4.57. The lowest BCUT2D eigenvalue weighted by molar-refractivity contribution is 0.135. The molecule has 0 amide bonds. The Balaban J connectivity index is 2.06. The van der Waals surface area contributed by atoms with Gasteiger partial charge in [0.1, 0.15) is 5.75 Å². The molecule has 0 heterocycles. The molecule has 0 saturated heterocycles. The fourth-order valence-electron chi connectivity index (χ4n) is 1.87. The second-order valence-corrected chi connectivity index (χ2v) is 5.42. The molecule has 0 spiro atoms. The van der Waals surface area contributed by atoms with Crippen LogP contribution in [0.1, 0.15) is 31.4 Å². The van der Waals surface area contributed by atoms with E-state index in [1.807, 2.05) is 25.1 Å². The van der Waals surface area contributed by atoms with Crippen molar-refractivity contribution in [1.29, 1.82) is 0 Å². The van der Waals surface area contributed by atoms with E-state index >= 15 is 0 Å². The van der Waals surface area contributed by atoms with E-state index in [9.17, 15) is 5.11 Å². The maximum absolute atomic E-state index is 10.2. The SMILES string of the molecule is COc1ccc(C(O)C(C)NC2CC2)cc1Br. The van der Waals surface area contributed by atoms with Crippen molar-refractivity contribution in [2.24, 2.45) is 0 Å². The maximum Gasteiger partial charge on any atom is 0.133 e. The molecule has 3 nitrogen and oxygen atoms in total. The van der Waals surface area contributed by atoms with Gasteiger partial charge in [-0.25, -0.2) is 0 Å². The predicted octanol–water partition coefficient (Wildman–Crippen LogP) is 2.63. The van der Waals surface area contributed by atoms with Gasteiger partial charge in [0.25, 0.3) is 0 Å². The molecule has 2 N–H and O–H groups in total. The number of aliphatic hydroxyl groups is 1. The molecule has 17 heavy (non-hydrogen) atoms. The Hall–Kier alpha value is -0.580. The maximum atomic E-state index is 10.2. The summed E-state index contributed by atoms with van der Waals surface area (Å²) in [5.41, 5.74) is 0.901. The number of hydrogen-bond donors (Lipinski definition) is 2. The Bertz CT molecular complexity index is 393. The van der Waals surface area contributed by atoms with Crippen LogP contribution in [0.4, 0.5) is 0 Å². The van der Waals surface area contributed by atoms with E-state index in [1.54, 1.807) is 7.11 Å². The predicted molar refractivity (Wildman–Crippen MR) is 71.3 cm³/mol. The van der Waals surface area contributed by atoms with Crippen LogP contribution in [0.5, 0.6) is 5.75 Å². The molecule has 1 aliphatic carbocycles. The molecule has 2 atom stereocenters. The number of hydrogen-bond acceptors (Lipinski definition) is 3. The highest BCUT2D eigenvalue weighted by Crippen LogP contribution is 2.30. The summed E-state index contributed by atoms with van der Waals surface area (Å²) in [6.07, 6.45) is 1.96. The first-order valence-corrected chi connectivity index (χ1v) is 6.68. The molecule has 94 valence electrons. The molecule has 0 bridgehead atoms. The van der Waals surface area contributed by atoms with Crippen molar-refractivity contribution in [3.05, 3.63) is 28.2 Å². The molecule has 0 aliphatic heterocycles. The smallest absolute Gasteiger partial charge is 0.133 e. The van der Waals surface area contributed by atoms with Crippen molar-refractivity contribution in [2.75, 3.05) is 7.11 Å². The summed E-state index contributed by atoms with van der Waals surface area (Å²) in [7, 11) is 1.63. The van der Waals surface area contributed by atoms with E-state index in [0.29, 0.717) is 6.04 Å². The van der Waals surface area contributed by atoms with Gasteiger partial charge in [0.05, 0.1) is 17.7 Å². The van der Waals surface area contributed by atoms with Crippen LogP contribution in [0.15, 0.2) is 22.7 Å². The summed E-state index contributed by atoms with van der Waals surface area (Å²) in [5, 5.41) is 13.6. The molecule has 1 aromatic carbocycles. The van der Waals surface area contributed by atoms with Crippen molar-refractivity contribution < 1.29 is 9.84 Å². The van der Waals surface area contributed by atoms with Crippen LogP contribution in [-0.4, -0.2) is 24.3 Å². The van der Waals surface area contributed by atoms with E-state index in [2.05, 4.69) is 21.2 Å². The molecule has 1 saturated carbocycles. The van der Waals surface area contributed by atoms with Crippen molar-refractivity contribution in [1.82, 2.24) is 5.32 Å². The van der Waals surface area contributed by atoms with Crippen molar-refractivity contribution >= 4 is 15.9 Å². The zero-order chi connectivity index (χ0) is 12.4. The summed E-state index contributed by atoms with van der Waals surface area (Å²) in [5.74, 6) is 0.781. The fourth-order valence-corrected chi connectivity index (χ4v) is 2.43. The zero-order valence-corrected chi connectivity index (χ0v) is 11.7. The molecule has 1 fully saturated rings. The summed E-state index contributed by atoms with van der Waals surface area (Å²) < 4.78 is 6.04. The van der Waals surface area contributed by atoms with E-state index in [0.717, 1.165) is 15.8 Å². The monoisotopic (exact) mass is 299 g/mol. The zero-order valence-electron chi connectivity index (χ0n) is 10.1. The van der Waals surface area contributed by atoms with Crippen molar-refractivity contribution in [3.63, 3.8) is 0 Å². The van der Waals surface area contributed by atoms with Crippen LogP contribution in [0.3, 0.4) is 0 Å². The number of nitrogens with one attached hydrogen (secondary N) is 1. The van der Waals surface area contributed by atoms with E-state index in [4.69, 9.17) is 4.74 Å². The minimum absolute atomic E-state index is 0.0720. The lowest BCUT2D eigenvalue weighted by atomic mass is 10.0. The lowest BCUT2D eigenvalue weighted by Gasteiger charge is -2.21. The summed E-state index contributed by atoms with van der Waals surface area (Å²) in [6.45, 7) is 2.02. The molecule has 2 rings (SSSR count). The van der Waals surface area contributed by atoms with Gasteiger partial charge in [0.2, 0.25) is 0 Å². The Morgan fingerprint density at radius 3 is 2.71 bits per heavy atom. The number of methoxy groups -OCH3 is 1. The average molecular weight is 300 g/mol. The molecule has 2 unspecified atom stereocenters. The normalized spacial score (nSPS) is 18.8. The Labute approximate surface area is 110 Å². The third-order valence-corrected chi connectivity index (χ3v) is 3.69. The van der Waals surface area contributed by atoms with Crippen LogP contribution in [-0.2, 0) is 0 Å². The van der Waals surface area contributed by atoms with Gasteiger partial charge < -0.3 is 15.2 Å². The van der Waals surface area contributed by atoms with Crippen LogP contribution in [0.25, 0.3) is 0 Å². The van der Waals surface area contributed by atoms with Crippen LogP contribution in [0.2, 0.25) is 0 Å². The van der Waals surface area contributed by atoms with Gasteiger partial charge in [0.15, 0.2) is 0 Å². The highest BCUT2D eigenvalue weighted by Gasteiger charge is 2.26. The molecule has 0 radical (unpaired) electrons. The number of ether oxygens (including phenoxy) is 1. The second kappa shape index (κ2) is 5.38. The first-order valence-electron chi connectivity index (χ1n) is 5.89. The lowest BCUT2D eigenvalue weighted by Crippen LogP contribution is -2.33. The fraction of sp³-hybridized carbons (Fsp3) is 0.538. The molecule has 0 aromatic heterocycles. The third kappa shape index (κ3) is 3.21. The van der Waals surface area contributed by atoms with E-state index < -0.39 is 6.10 Å². The topological polar surface area (TPSA) is 41.5 Å². The van der Waals surface area contributed by atoms with Crippen LogP contribution >= 0.6 is 15.9 Å². The number of benzene rings is 1. The first kappa shape index (κ1) is 12.9. The van der Waals surface area contributed by atoms with Gasteiger partial charge in [-0.3, -0.25) is 0 Å². The molecular formula is C13H18BrNO2. The number of aliphatic hydroxyl groups excluding tert-OH is 1. The van der Waals surface area contributed by atoms with Gasteiger partial charge >= 0.3 is 0 Å². The third-order valence-electron chi connectivity index (χ3n) is 3.07. The molecular weight excluding hydrogens is 282 g/mol. The van der Waals surface area contributed by atoms with Gasteiger partial charge in [0, 0.05) is 12.1 Å². The van der Waals surface area contributed by atoms with E-state index in [1.165, 1.54) is 12.8 Å². The summed E-state index contributed by atoms with van der Waals surface area (Å²) in [4.78, 5) is 0. The summed E-state index contributed by atoms with van der Waals surface area (Å²) >= 11 is 3.43. The number of halogens is 1. The van der Waals surface area contributed by atoms with Crippen LogP contribution in [0, 0.1) is 0 Å². The summed E-state index contributed by atoms with van der Waals surface area (Å²) in [6, 6.07) is 6.35. The largest absolute Gasteiger partial charge is 0.496 e. The van der Waals surface area contributed by atoms with Crippen molar-refractivity contribution in [2.45, 2.75) is 38.0 Å². The standard InChI is InChI=1S/C13H18BrNO2/c1-8(15-10-4-5-10)13(16)9-3-6-12(17-2)11(14)7-9/h3,6-8,10,13,15-16H,4-5H2,1-2H3. The molecule has 1 aliphatic rings. The van der Waals surface area contributed by atoms with Gasteiger partial charge in [-0.05, 0) is 53.4 Å². The Morgan fingerprint density at radius 1 is 1.47 bits per heavy atom. The number of rotatable bonds is 5. The molecule has 1 aromatic rings. The van der Waals surface area contributed by atoms with Crippen LogP contribution < -0.4 is 10.1 Å². The highest BCUT2D eigenvalue weighted by atomic mass is 79.9. The van der Waals surface area contributed by atoms with E-state index in [-0.39, 0.29) is 6.04 Å². The molecule has 4 heteroatoms. The van der Waals surface area contributed by atoms with Gasteiger partial charge in [-0.2, -0.15) is 0 Å². The Morgan fingerprint density at radius 2 is 2.18 bits per heavy atom. The minimum atomic E-state index is -0.488. The van der Waals surface area contributed by atoms with Gasteiger partial charge in [-0.1, -0.05) is 6.07 Å². The minimum Gasteiger partial charge on any atom is -0.496 e. The van der Waals surface area contributed by atoms with Crippen molar-refractivity contribution in [3.8, 4) is 5.75 Å². The Kier molecular flexibility index (Phi) is 4.07. The highest BCUT2D eigenvalue weighted by molar-refractivity contribution is 9.10. The van der Waals surface area contributed by atoms with Gasteiger partial charge in [-0.15, -0.1) is 0 Å². The average Bonchev–Trinajstić information content (AvgIpc) is 3.11. The quantitative estimate of drug-likeness (QED) is 0.878. The first-order chi connectivity index (χ1) is 8.11.